The number of rotatable bonds is 7. The molecule has 1 unspecified atom stereocenters. The second-order valence-electron chi connectivity index (χ2n) is 7.05. The van der Waals surface area contributed by atoms with Crippen LogP contribution in [0.2, 0.25) is 0 Å². The van der Waals surface area contributed by atoms with E-state index in [4.69, 9.17) is 9.47 Å². The first kappa shape index (κ1) is 18.3. The van der Waals surface area contributed by atoms with Gasteiger partial charge in [0.15, 0.2) is 0 Å². The lowest BCUT2D eigenvalue weighted by Gasteiger charge is -2.19. The molecule has 0 aliphatic carbocycles. The summed E-state index contributed by atoms with van der Waals surface area (Å²) in [4.78, 5) is 13.6. The van der Waals surface area contributed by atoms with Crippen LogP contribution in [0.3, 0.4) is 0 Å². The van der Waals surface area contributed by atoms with E-state index in [-0.39, 0.29) is 17.8 Å². The zero-order valence-corrected chi connectivity index (χ0v) is 15.8. The fourth-order valence-corrected chi connectivity index (χ4v) is 3.47. The summed E-state index contributed by atoms with van der Waals surface area (Å²) in [5.41, 5.74) is 2.38. The van der Waals surface area contributed by atoms with Crippen LogP contribution in [0.25, 0.3) is 0 Å². The molecule has 1 aliphatic heterocycles. The molecule has 1 heterocycles. The van der Waals surface area contributed by atoms with Crippen molar-refractivity contribution in [1.82, 2.24) is 0 Å². The lowest BCUT2D eigenvalue weighted by molar-refractivity contribution is -0.117. The van der Waals surface area contributed by atoms with E-state index in [1.54, 1.807) is 14.0 Å². The van der Waals surface area contributed by atoms with Crippen molar-refractivity contribution in [2.75, 3.05) is 25.1 Å². The number of methoxy groups -OCH3 is 1. The molecule has 1 fully saturated rings. The average molecular weight is 353 g/mol. The Morgan fingerprint density at radius 2 is 1.77 bits per heavy atom. The highest BCUT2D eigenvalue weighted by atomic mass is 16.5. The average Bonchev–Trinajstić information content (AvgIpc) is 3.10. The summed E-state index contributed by atoms with van der Waals surface area (Å²) in [6.45, 7) is 5.60. The van der Waals surface area contributed by atoms with Gasteiger partial charge in [-0.15, -0.1) is 0 Å². The Morgan fingerprint density at radius 3 is 2.38 bits per heavy atom. The van der Waals surface area contributed by atoms with Crippen molar-refractivity contribution in [2.45, 2.75) is 38.7 Å². The lowest BCUT2D eigenvalue weighted by Crippen LogP contribution is -2.24. The third kappa shape index (κ3) is 4.57. The van der Waals surface area contributed by atoms with Crippen molar-refractivity contribution in [1.29, 1.82) is 0 Å². The SMILES string of the molecule is COc1ccc(N2CCC(Oc3ccc([C@H](C)CC(C)=O)cc3)C2)cc1. The molecule has 0 amide bonds. The largest absolute Gasteiger partial charge is 0.497 e. The first-order valence-corrected chi connectivity index (χ1v) is 9.20. The summed E-state index contributed by atoms with van der Waals surface area (Å²) in [6.07, 6.45) is 1.78. The Kier molecular flexibility index (Phi) is 5.82. The molecule has 0 bridgehead atoms. The minimum absolute atomic E-state index is 0.192. The number of Topliss-reactive ketones (excluding diaryl/α,β-unsaturated/α-hetero) is 1. The van der Waals surface area contributed by atoms with E-state index in [9.17, 15) is 4.79 Å². The smallest absolute Gasteiger partial charge is 0.130 e. The summed E-state index contributed by atoms with van der Waals surface area (Å²) >= 11 is 0. The molecule has 2 aromatic rings. The monoisotopic (exact) mass is 353 g/mol. The first-order valence-electron chi connectivity index (χ1n) is 9.20. The number of hydrogen-bond donors (Lipinski definition) is 0. The third-order valence-electron chi connectivity index (χ3n) is 4.93. The standard InChI is InChI=1S/C22H27NO3/c1-16(14-17(2)24)18-4-8-21(9-5-18)26-22-12-13-23(15-22)19-6-10-20(25-3)11-7-19/h4-11,16,22H,12-15H2,1-3H3/t16-,22?/m1/s1. The molecule has 0 aromatic heterocycles. The molecular weight excluding hydrogens is 326 g/mol. The van der Waals surface area contributed by atoms with Crippen LogP contribution in [-0.4, -0.2) is 32.1 Å². The number of hydrogen-bond acceptors (Lipinski definition) is 4. The topological polar surface area (TPSA) is 38.8 Å². The van der Waals surface area contributed by atoms with E-state index in [0.717, 1.165) is 31.0 Å². The maximum absolute atomic E-state index is 11.3. The summed E-state index contributed by atoms with van der Waals surface area (Å²) in [7, 11) is 1.68. The maximum Gasteiger partial charge on any atom is 0.130 e. The fourth-order valence-electron chi connectivity index (χ4n) is 3.47. The molecule has 2 aromatic carbocycles. The zero-order valence-electron chi connectivity index (χ0n) is 15.8. The summed E-state index contributed by atoms with van der Waals surface area (Å²) < 4.78 is 11.4. The third-order valence-corrected chi connectivity index (χ3v) is 4.93. The van der Waals surface area contributed by atoms with Gasteiger partial charge in [0, 0.05) is 25.1 Å². The van der Waals surface area contributed by atoms with Crippen molar-refractivity contribution in [3.05, 3.63) is 54.1 Å². The van der Waals surface area contributed by atoms with Gasteiger partial charge in [-0.2, -0.15) is 0 Å². The Labute approximate surface area is 155 Å². The van der Waals surface area contributed by atoms with Crippen LogP contribution in [0.1, 0.15) is 38.2 Å². The molecule has 138 valence electrons. The van der Waals surface area contributed by atoms with Crippen molar-refractivity contribution in [3.63, 3.8) is 0 Å². The highest BCUT2D eigenvalue weighted by molar-refractivity contribution is 5.76. The van der Waals surface area contributed by atoms with Gasteiger partial charge in [0.05, 0.1) is 13.7 Å². The number of anilines is 1. The normalized spacial score (nSPS) is 17.8. The van der Waals surface area contributed by atoms with E-state index in [0.29, 0.717) is 6.42 Å². The number of carbonyl (C=O) groups excluding carboxylic acids is 1. The summed E-state index contributed by atoms with van der Waals surface area (Å²) in [6, 6.07) is 16.3. The zero-order chi connectivity index (χ0) is 18.5. The molecule has 26 heavy (non-hydrogen) atoms. The minimum atomic E-state index is 0.192. The fraction of sp³-hybridized carbons (Fsp3) is 0.409. The molecule has 0 spiro atoms. The van der Waals surface area contributed by atoms with E-state index in [1.165, 1.54) is 11.3 Å². The molecule has 0 radical (unpaired) electrons. The highest BCUT2D eigenvalue weighted by Gasteiger charge is 2.24. The predicted molar refractivity (Wildman–Crippen MR) is 104 cm³/mol. The summed E-state index contributed by atoms with van der Waals surface area (Å²) in [5, 5.41) is 0. The van der Waals surface area contributed by atoms with Crippen LogP contribution < -0.4 is 14.4 Å². The van der Waals surface area contributed by atoms with Crippen molar-refractivity contribution < 1.29 is 14.3 Å². The molecule has 4 heteroatoms. The number of carbonyl (C=O) groups is 1. The maximum atomic E-state index is 11.3. The Balaban J connectivity index is 1.55. The highest BCUT2D eigenvalue weighted by Crippen LogP contribution is 2.27. The van der Waals surface area contributed by atoms with Crippen LogP contribution in [0.4, 0.5) is 5.69 Å². The van der Waals surface area contributed by atoms with Gasteiger partial charge in [-0.25, -0.2) is 0 Å². The van der Waals surface area contributed by atoms with E-state index in [2.05, 4.69) is 36.1 Å². The van der Waals surface area contributed by atoms with Gasteiger partial charge in [0.25, 0.3) is 0 Å². The second-order valence-corrected chi connectivity index (χ2v) is 7.05. The number of ether oxygens (including phenoxy) is 2. The molecule has 0 N–H and O–H groups in total. The van der Waals surface area contributed by atoms with Gasteiger partial charge in [0.2, 0.25) is 0 Å². The predicted octanol–water partition coefficient (Wildman–Crippen LogP) is 4.44. The van der Waals surface area contributed by atoms with Gasteiger partial charge in [0.1, 0.15) is 23.4 Å². The number of ketones is 1. The molecule has 1 saturated heterocycles. The van der Waals surface area contributed by atoms with E-state index < -0.39 is 0 Å². The van der Waals surface area contributed by atoms with Crippen LogP contribution in [-0.2, 0) is 4.79 Å². The van der Waals surface area contributed by atoms with E-state index in [1.807, 2.05) is 24.3 Å². The van der Waals surface area contributed by atoms with Crippen LogP contribution in [0, 0.1) is 0 Å². The van der Waals surface area contributed by atoms with Crippen molar-refractivity contribution >= 4 is 11.5 Å². The Hall–Kier alpha value is -2.49. The van der Waals surface area contributed by atoms with Gasteiger partial charge in [-0.05, 0) is 54.8 Å². The van der Waals surface area contributed by atoms with Gasteiger partial charge >= 0.3 is 0 Å². The second kappa shape index (κ2) is 8.26. The van der Waals surface area contributed by atoms with Gasteiger partial charge in [-0.3, -0.25) is 0 Å². The van der Waals surface area contributed by atoms with E-state index >= 15 is 0 Å². The van der Waals surface area contributed by atoms with Crippen LogP contribution >= 0.6 is 0 Å². The molecule has 4 nitrogen and oxygen atoms in total. The molecule has 0 saturated carbocycles. The molecular formula is C22H27NO3. The Morgan fingerprint density at radius 1 is 1.12 bits per heavy atom. The van der Waals surface area contributed by atoms with Gasteiger partial charge in [-0.1, -0.05) is 19.1 Å². The Bertz CT molecular complexity index is 724. The van der Waals surface area contributed by atoms with Crippen molar-refractivity contribution in [3.8, 4) is 11.5 Å². The van der Waals surface area contributed by atoms with Crippen LogP contribution in [0.15, 0.2) is 48.5 Å². The number of nitrogens with zero attached hydrogens (tertiary/aromatic N) is 1. The van der Waals surface area contributed by atoms with Crippen molar-refractivity contribution in [2.24, 2.45) is 0 Å². The van der Waals surface area contributed by atoms with Crippen LogP contribution in [0.5, 0.6) is 11.5 Å². The molecule has 2 atom stereocenters. The number of benzene rings is 2. The lowest BCUT2D eigenvalue weighted by atomic mass is 9.96. The quantitative estimate of drug-likeness (QED) is 0.738. The summed E-state index contributed by atoms with van der Waals surface area (Å²) in [5.74, 6) is 2.24. The first-order chi connectivity index (χ1) is 12.5. The molecule has 1 aliphatic rings. The van der Waals surface area contributed by atoms with Gasteiger partial charge < -0.3 is 19.2 Å². The minimum Gasteiger partial charge on any atom is -0.497 e. The molecule has 3 rings (SSSR count).